The van der Waals surface area contributed by atoms with Gasteiger partial charge in [-0.25, -0.2) is 14.4 Å². The molecule has 4 N–H and O–H groups in total. The topological polar surface area (TPSA) is 132 Å². The Labute approximate surface area is 110 Å². The highest BCUT2D eigenvalue weighted by atomic mass is 16.4. The number of hydrogen-bond acceptors (Lipinski definition) is 4. The van der Waals surface area contributed by atoms with Gasteiger partial charge in [-0.3, -0.25) is 0 Å². The number of aliphatic hydroxyl groups is 1. The molecule has 0 bridgehead atoms. The molecule has 1 aliphatic rings. The Hall–Kier alpha value is -2.41. The highest BCUT2D eigenvalue weighted by Gasteiger charge is 2.15. The van der Waals surface area contributed by atoms with Crippen LogP contribution in [-0.4, -0.2) is 44.4 Å². The van der Waals surface area contributed by atoms with E-state index in [1.165, 1.54) is 0 Å². The molecule has 1 aliphatic carbocycles. The average molecular weight is 274 g/mol. The number of hydrogen-bond donors (Lipinski definition) is 4. The summed E-state index contributed by atoms with van der Waals surface area (Å²) >= 11 is 0. The second-order valence-corrected chi connectivity index (χ2v) is 2.86. The second kappa shape index (κ2) is 15.6. The summed E-state index contributed by atoms with van der Waals surface area (Å²) in [4.78, 5) is 27.8. The van der Waals surface area contributed by atoms with Gasteiger partial charge in [-0.05, 0) is 12.8 Å². The summed E-state index contributed by atoms with van der Waals surface area (Å²) in [5, 5.41) is 31.0. The summed E-state index contributed by atoms with van der Waals surface area (Å²) in [6.07, 6.45) is 4.67. The zero-order chi connectivity index (χ0) is 15.8. The molecule has 0 unspecified atom stereocenters. The van der Waals surface area contributed by atoms with Crippen molar-refractivity contribution in [2.24, 2.45) is 0 Å². The van der Waals surface area contributed by atoms with Crippen LogP contribution in [0.4, 0.5) is 0 Å². The van der Waals surface area contributed by atoms with Gasteiger partial charge in [0.1, 0.15) is 0 Å². The molecule has 0 aromatic carbocycles. The van der Waals surface area contributed by atoms with Gasteiger partial charge >= 0.3 is 17.9 Å². The predicted octanol–water partition coefficient (Wildman–Crippen LogP) is 0.912. The fraction of sp³-hybridized carbons (Fsp3) is 0.250. The van der Waals surface area contributed by atoms with Crippen LogP contribution < -0.4 is 0 Å². The minimum Gasteiger partial charge on any atom is -0.478 e. The molecule has 0 atom stereocenters. The maximum Gasteiger partial charge on any atom is 0.327 e. The summed E-state index contributed by atoms with van der Waals surface area (Å²) in [6, 6.07) is 0. The number of carboxylic acids is 3. The first-order valence-corrected chi connectivity index (χ1v) is 4.95. The van der Waals surface area contributed by atoms with Crippen LogP contribution in [0.5, 0.6) is 0 Å². The lowest BCUT2D eigenvalue weighted by Gasteiger charge is -1.64. The van der Waals surface area contributed by atoms with Gasteiger partial charge < -0.3 is 20.4 Å². The van der Waals surface area contributed by atoms with Crippen molar-refractivity contribution in [1.29, 1.82) is 0 Å². The van der Waals surface area contributed by atoms with Crippen molar-refractivity contribution in [2.45, 2.75) is 18.9 Å². The number of carbonyl (C=O) groups is 3. The van der Waals surface area contributed by atoms with E-state index in [0.717, 1.165) is 31.1 Å². The zero-order valence-corrected chi connectivity index (χ0v) is 10.4. The maximum atomic E-state index is 9.25. The molecule has 0 heterocycles. The molecule has 7 nitrogen and oxygen atoms in total. The molecule has 0 radical (unpaired) electrons. The average Bonchev–Trinajstić information content (AvgIpc) is 3.13. The summed E-state index contributed by atoms with van der Waals surface area (Å²) in [6.45, 7) is 8.88. The summed E-state index contributed by atoms with van der Waals surface area (Å²) in [7, 11) is 0. The van der Waals surface area contributed by atoms with Gasteiger partial charge in [0, 0.05) is 18.2 Å². The normalized spacial score (nSPS) is 10.6. The number of aliphatic carboxylic acids is 3. The predicted molar refractivity (Wildman–Crippen MR) is 68.7 cm³/mol. The largest absolute Gasteiger partial charge is 0.478 e. The zero-order valence-electron chi connectivity index (χ0n) is 10.4. The standard InChI is InChI=1S/3C3H4O2.C3H6O/c3*1-2-3(4)5;4-3-1-2-3/h3*2H,1H2,(H,4,5);3-4H,1-2H2. The van der Waals surface area contributed by atoms with E-state index in [-0.39, 0.29) is 6.10 Å². The molecule has 0 spiro atoms. The lowest BCUT2D eigenvalue weighted by Crippen LogP contribution is -1.82. The van der Waals surface area contributed by atoms with Crippen LogP contribution in [0.15, 0.2) is 38.0 Å². The number of aliphatic hydroxyl groups excluding tert-OH is 1. The van der Waals surface area contributed by atoms with Crippen molar-refractivity contribution in [3.63, 3.8) is 0 Å². The molecule has 7 heteroatoms. The van der Waals surface area contributed by atoms with Gasteiger partial charge in [0.25, 0.3) is 0 Å². The van der Waals surface area contributed by atoms with Crippen molar-refractivity contribution in [2.75, 3.05) is 0 Å². The Bertz CT molecular complexity index is 273. The Kier molecular flexibility index (Phi) is 17.9. The Morgan fingerprint density at radius 3 is 0.895 bits per heavy atom. The molecule has 0 saturated heterocycles. The molecule has 0 aromatic rings. The van der Waals surface area contributed by atoms with Crippen LogP contribution >= 0.6 is 0 Å². The smallest absolute Gasteiger partial charge is 0.327 e. The SMILES string of the molecule is C=CC(=O)O.C=CC(=O)O.C=CC(=O)O.OC1CC1. The van der Waals surface area contributed by atoms with Crippen molar-refractivity contribution in [3.05, 3.63) is 38.0 Å². The van der Waals surface area contributed by atoms with E-state index >= 15 is 0 Å². The van der Waals surface area contributed by atoms with E-state index in [4.69, 9.17) is 20.4 Å². The Balaban J connectivity index is -0.000000180. The van der Waals surface area contributed by atoms with Crippen molar-refractivity contribution in [3.8, 4) is 0 Å². The highest BCUT2D eigenvalue weighted by molar-refractivity contribution is 5.79. The Morgan fingerprint density at radius 1 is 0.789 bits per heavy atom. The van der Waals surface area contributed by atoms with Gasteiger partial charge in [-0.2, -0.15) is 0 Å². The highest BCUT2D eigenvalue weighted by Crippen LogP contribution is 2.16. The second-order valence-electron chi connectivity index (χ2n) is 2.86. The third kappa shape index (κ3) is 66.3. The van der Waals surface area contributed by atoms with Crippen molar-refractivity contribution in [1.82, 2.24) is 0 Å². The van der Waals surface area contributed by atoms with Crippen LogP contribution in [0.25, 0.3) is 0 Å². The molecule has 0 amide bonds. The molecule has 0 aliphatic heterocycles. The van der Waals surface area contributed by atoms with E-state index < -0.39 is 17.9 Å². The summed E-state index contributed by atoms with van der Waals surface area (Å²) < 4.78 is 0. The first kappa shape index (κ1) is 21.8. The third-order valence-electron chi connectivity index (χ3n) is 1.07. The minimum absolute atomic E-state index is 0.0833. The van der Waals surface area contributed by atoms with E-state index in [2.05, 4.69) is 19.7 Å². The number of carboxylic acid groups (broad SMARTS) is 3. The van der Waals surface area contributed by atoms with E-state index in [0.29, 0.717) is 0 Å². The lowest BCUT2D eigenvalue weighted by molar-refractivity contribution is -0.132. The van der Waals surface area contributed by atoms with E-state index in [1.54, 1.807) is 0 Å². The van der Waals surface area contributed by atoms with Crippen molar-refractivity contribution < 1.29 is 34.8 Å². The molecular formula is C12H18O7. The molecule has 108 valence electrons. The first-order chi connectivity index (χ1) is 8.70. The fourth-order valence-electron chi connectivity index (χ4n) is 0.0745. The van der Waals surface area contributed by atoms with Crippen LogP contribution in [0.3, 0.4) is 0 Å². The van der Waals surface area contributed by atoms with E-state index in [1.807, 2.05) is 0 Å². The third-order valence-corrected chi connectivity index (χ3v) is 1.07. The van der Waals surface area contributed by atoms with Crippen molar-refractivity contribution >= 4 is 17.9 Å². The molecule has 0 aromatic heterocycles. The first-order valence-electron chi connectivity index (χ1n) is 4.95. The van der Waals surface area contributed by atoms with E-state index in [9.17, 15) is 14.4 Å². The number of rotatable bonds is 3. The summed E-state index contributed by atoms with van der Waals surface area (Å²) in [5.74, 6) is -2.94. The van der Waals surface area contributed by atoms with Gasteiger partial charge in [-0.15, -0.1) is 0 Å². The molecule has 19 heavy (non-hydrogen) atoms. The van der Waals surface area contributed by atoms with Crippen LogP contribution in [-0.2, 0) is 14.4 Å². The molecule has 1 rings (SSSR count). The molecule has 1 saturated carbocycles. The van der Waals surface area contributed by atoms with Gasteiger partial charge in [0.15, 0.2) is 0 Å². The van der Waals surface area contributed by atoms with Crippen LogP contribution in [0, 0.1) is 0 Å². The van der Waals surface area contributed by atoms with Gasteiger partial charge in [0.05, 0.1) is 6.10 Å². The molecule has 1 fully saturated rings. The maximum absolute atomic E-state index is 9.25. The summed E-state index contributed by atoms with van der Waals surface area (Å²) in [5.41, 5.74) is 0. The van der Waals surface area contributed by atoms with Crippen LogP contribution in [0.2, 0.25) is 0 Å². The van der Waals surface area contributed by atoms with Gasteiger partial charge in [-0.1, -0.05) is 19.7 Å². The Morgan fingerprint density at radius 2 is 0.895 bits per heavy atom. The fourth-order valence-corrected chi connectivity index (χ4v) is 0.0745. The lowest BCUT2D eigenvalue weighted by atomic mass is 10.7. The minimum atomic E-state index is -0.981. The monoisotopic (exact) mass is 274 g/mol. The van der Waals surface area contributed by atoms with Gasteiger partial charge in [0.2, 0.25) is 0 Å². The molecular weight excluding hydrogens is 256 g/mol. The van der Waals surface area contributed by atoms with Crippen LogP contribution in [0.1, 0.15) is 12.8 Å². The quantitative estimate of drug-likeness (QED) is 0.562.